The Morgan fingerprint density at radius 2 is 2.06 bits per heavy atom. The van der Waals surface area contributed by atoms with Crippen molar-refractivity contribution >= 4 is 17.0 Å². The van der Waals surface area contributed by atoms with E-state index in [1.54, 1.807) is 11.3 Å². The Morgan fingerprint density at radius 3 is 2.76 bits per heavy atom. The summed E-state index contributed by atoms with van der Waals surface area (Å²) in [5.74, 6) is 0.771. The van der Waals surface area contributed by atoms with Gasteiger partial charge in [0.05, 0.1) is 17.2 Å². The first-order valence-corrected chi connectivity index (χ1v) is 6.94. The number of nitrogens with one attached hydrogen (secondary N) is 1. The Morgan fingerprint density at radius 1 is 1.29 bits per heavy atom. The van der Waals surface area contributed by atoms with Gasteiger partial charge in [0.1, 0.15) is 0 Å². The molecule has 0 atom stereocenters. The Labute approximate surface area is 106 Å². The van der Waals surface area contributed by atoms with Gasteiger partial charge < -0.3 is 5.32 Å². The van der Waals surface area contributed by atoms with Crippen LogP contribution in [0.1, 0.15) is 35.0 Å². The summed E-state index contributed by atoms with van der Waals surface area (Å²) in [5, 5.41) is 6.91. The van der Waals surface area contributed by atoms with Crippen LogP contribution < -0.4 is 5.32 Å². The van der Waals surface area contributed by atoms with Gasteiger partial charge >= 0.3 is 0 Å². The molecule has 3 heteroatoms. The van der Waals surface area contributed by atoms with Crippen molar-refractivity contribution in [2.75, 3.05) is 5.32 Å². The molecule has 3 rings (SSSR count). The van der Waals surface area contributed by atoms with E-state index in [1.807, 2.05) is 0 Å². The number of hydrogen-bond acceptors (Lipinski definition) is 3. The molecule has 1 N–H and O–H groups in total. The summed E-state index contributed by atoms with van der Waals surface area (Å²) in [4.78, 5) is 4.66. The first-order valence-electron chi connectivity index (χ1n) is 6.06. The Bertz CT molecular complexity index is 497. The van der Waals surface area contributed by atoms with Crippen LogP contribution in [0.5, 0.6) is 0 Å². The zero-order valence-electron chi connectivity index (χ0n) is 9.94. The first-order chi connectivity index (χ1) is 8.31. The second-order valence-electron chi connectivity index (χ2n) is 4.67. The van der Waals surface area contributed by atoms with E-state index in [9.17, 15) is 0 Å². The largest absolute Gasteiger partial charge is 0.379 e. The van der Waals surface area contributed by atoms with Gasteiger partial charge in [-0.05, 0) is 31.9 Å². The summed E-state index contributed by atoms with van der Waals surface area (Å²) in [6, 6.07) is 8.48. The molecule has 1 aromatic carbocycles. The molecular weight excluding hydrogens is 228 g/mol. The molecule has 1 aliphatic rings. The normalized spacial score (nSPS) is 14.9. The fraction of sp³-hybridized carbons (Fsp3) is 0.357. The van der Waals surface area contributed by atoms with E-state index in [-0.39, 0.29) is 0 Å². The van der Waals surface area contributed by atoms with Gasteiger partial charge in [0.2, 0.25) is 0 Å². The Balaban J connectivity index is 1.60. The fourth-order valence-corrected chi connectivity index (χ4v) is 2.78. The molecule has 1 heterocycles. The first kappa shape index (κ1) is 10.8. The maximum Gasteiger partial charge on any atom is 0.0960 e. The molecule has 1 aromatic heterocycles. The van der Waals surface area contributed by atoms with Crippen LogP contribution in [0, 0.1) is 6.92 Å². The van der Waals surface area contributed by atoms with Crippen LogP contribution in [0.2, 0.25) is 0 Å². The van der Waals surface area contributed by atoms with Crippen LogP contribution >= 0.6 is 11.3 Å². The zero-order valence-corrected chi connectivity index (χ0v) is 10.8. The van der Waals surface area contributed by atoms with E-state index < -0.39 is 0 Å². The third-order valence-electron chi connectivity index (χ3n) is 3.02. The summed E-state index contributed by atoms with van der Waals surface area (Å²) in [5.41, 5.74) is 3.62. The zero-order chi connectivity index (χ0) is 11.7. The molecule has 2 aromatic rings. The van der Waals surface area contributed by atoms with Crippen molar-refractivity contribution in [2.24, 2.45) is 0 Å². The number of aryl methyl sites for hydroxylation is 1. The monoisotopic (exact) mass is 244 g/mol. The number of rotatable bonds is 4. The summed E-state index contributed by atoms with van der Waals surface area (Å²) >= 11 is 1.81. The smallest absolute Gasteiger partial charge is 0.0960 e. The number of hydrogen-bond donors (Lipinski definition) is 1. The molecule has 0 aliphatic heterocycles. The van der Waals surface area contributed by atoms with Crippen molar-refractivity contribution in [3.63, 3.8) is 0 Å². The van der Waals surface area contributed by atoms with Gasteiger partial charge in [0.25, 0.3) is 0 Å². The van der Waals surface area contributed by atoms with Gasteiger partial charge in [-0.2, -0.15) is 0 Å². The lowest BCUT2D eigenvalue weighted by molar-refractivity contribution is 1.00. The van der Waals surface area contributed by atoms with E-state index in [0.717, 1.165) is 23.8 Å². The van der Waals surface area contributed by atoms with Crippen molar-refractivity contribution in [3.8, 4) is 0 Å². The Kier molecular flexibility index (Phi) is 2.85. The maximum absolute atomic E-state index is 4.66. The number of benzene rings is 1. The second-order valence-corrected chi connectivity index (χ2v) is 5.56. The maximum atomic E-state index is 4.66. The number of anilines is 1. The lowest BCUT2D eigenvalue weighted by Crippen LogP contribution is -1.99. The highest BCUT2D eigenvalue weighted by Gasteiger charge is 2.26. The van der Waals surface area contributed by atoms with Crippen molar-refractivity contribution in [1.82, 2.24) is 4.98 Å². The third-order valence-corrected chi connectivity index (χ3v) is 4.08. The van der Waals surface area contributed by atoms with E-state index in [2.05, 4.69) is 46.9 Å². The van der Waals surface area contributed by atoms with Crippen LogP contribution in [0.15, 0.2) is 29.6 Å². The van der Waals surface area contributed by atoms with Crippen molar-refractivity contribution in [3.05, 3.63) is 45.9 Å². The molecule has 0 unspecified atom stereocenters. The van der Waals surface area contributed by atoms with Gasteiger partial charge in [-0.1, -0.05) is 17.7 Å². The van der Waals surface area contributed by atoms with E-state index in [4.69, 9.17) is 0 Å². The highest BCUT2D eigenvalue weighted by molar-refractivity contribution is 7.09. The molecule has 1 saturated carbocycles. The lowest BCUT2D eigenvalue weighted by atomic mass is 10.2. The van der Waals surface area contributed by atoms with Gasteiger partial charge in [0, 0.05) is 17.0 Å². The molecule has 0 amide bonds. The SMILES string of the molecule is Cc1ccc(NCc2csc(C3CC3)n2)cc1. The van der Waals surface area contributed by atoms with Crippen molar-refractivity contribution in [2.45, 2.75) is 32.2 Å². The quantitative estimate of drug-likeness (QED) is 0.881. The lowest BCUT2D eigenvalue weighted by Gasteiger charge is -2.04. The highest BCUT2D eigenvalue weighted by Crippen LogP contribution is 2.41. The number of thiazole rings is 1. The molecule has 0 spiro atoms. The minimum Gasteiger partial charge on any atom is -0.379 e. The average molecular weight is 244 g/mol. The number of aromatic nitrogens is 1. The molecule has 17 heavy (non-hydrogen) atoms. The third kappa shape index (κ3) is 2.67. The van der Waals surface area contributed by atoms with Crippen LogP contribution in [-0.2, 0) is 6.54 Å². The number of nitrogens with zero attached hydrogens (tertiary/aromatic N) is 1. The molecule has 88 valence electrons. The highest BCUT2D eigenvalue weighted by atomic mass is 32.1. The summed E-state index contributed by atoms with van der Waals surface area (Å²) in [6.07, 6.45) is 2.66. The van der Waals surface area contributed by atoms with Crippen molar-refractivity contribution in [1.29, 1.82) is 0 Å². The molecule has 1 aliphatic carbocycles. The topological polar surface area (TPSA) is 24.9 Å². The summed E-state index contributed by atoms with van der Waals surface area (Å²) in [7, 11) is 0. The standard InChI is InChI=1S/C14H16N2S/c1-10-2-6-12(7-3-10)15-8-13-9-17-14(16-13)11-4-5-11/h2-3,6-7,9,11,15H,4-5,8H2,1H3. The second kappa shape index (κ2) is 4.49. The molecule has 0 radical (unpaired) electrons. The molecule has 0 saturated heterocycles. The van der Waals surface area contributed by atoms with Gasteiger partial charge in [0.15, 0.2) is 0 Å². The minimum absolute atomic E-state index is 0.771. The van der Waals surface area contributed by atoms with Gasteiger partial charge in [-0.25, -0.2) is 4.98 Å². The van der Waals surface area contributed by atoms with Crippen LogP contribution in [-0.4, -0.2) is 4.98 Å². The predicted octanol–water partition coefficient (Wildman–Crippen LogP) is 3.94. The van der Waals surface area contributed by atoms with Crippen LogP contribution in [0.25, 0.3) is 0 Å². The molecule has 0 bridgehead atoms. The van der Waals surface area contributed by atoms with E-state index >= 15 is 0 Å². The van der Waals surface area contributed by atoms with Crippen LogP contribution in [0.3, 0.4) is 0 Å². The average Bonchev–Trinajstić information content (AvgIpc) is 3.09. The van der Waals surface area contributed by atoms with E-state index in [1.165, 1.54) is 23.4 Å². The summed E-state index contributed by atoms with van der Waals surface area (Å²) < 4.78 is 0. The fourth-order valence-electron chi connectivity index (χ4n) is 1.79. The predicted molar refractivity (Wildman–Crippen MR) is 72.6 cm³/mol. The van der Waals surface area contributed by atoms with Crippen LogP contribution in [0.4, 0.5) is 5.69 Å². The summed E-state index contributed by atoms with van der Waals surface area (Å²) in [6.45, 7) is 2.93. The van der Waals surface area contributed by atoms with Crippen molar-refractivity contribution < 1.29 is 0 Å². The molecular formula is C14H16N2S. The van der Waals surface area contributed by atoms with E-state index in [0.29, 0.717) is 0 Å². The minimum atomic E-state index is 0.771. The van der Waals surface area contributed by atoms with Gasteiger partial charge in [-0.3, -0.25) is 0 Å². The molecule has 1 fully saturated rings. The Hall–Kier alpha value is -1.35. The molecule has 2 nitrogen and oxygen atoms in total. The van der Waals surface area contributed by atoms with Gasteiger partial charge in [-0.15, -0.1) is 11.3 Å².